The van der Waals surface area contributed by atoms with E-state index in [1.807, 2.05) is 36.4 Å². The van der Waals surface area contributed by atoms with Crippen LogP contribution in [0.25, 0.3) is 0 Å². The molecule has 3 amide bonds. The van der Waals surface area contributed by atoms with Gasteiger partial charge in [0.1, 0.15) is 12.1 Å². The van der Waals surface area contributed by atoms with E-state index < -0.39 is 23.8 Å². The highest BCUT2D eigenvalue weighted by molar-refractivity contribution is 6.32. The number of imide groups is 1. The Bertz CT molecular complexity index is 1200. The van der Waals surface area contributed by atoms with Gasteiger partial charge in [-0.25, -0.2) is 0 Å². The number of hydrogen-bond acceptors (Lipinski definition) is 4. The molecule has 0 aromatic heterocycles. The molecule has 1 N–H and O–H groups in total. The van der Waals surface area contributed by atoms with Crippen molar-refractivity contribution in [1.29, 1.82) is 5.26 Å². The number of nitrogens with one attached hydrogen (secondary N) is 1. The van der Waals surface area contributed by atoms with E-state index in [-0.39, 0.29) is 28.1 Å². The standard InChI is InChI=1S/C24H16ClN3O3/c25-20-13-17(11-10-16(20)14-26)27-22(29)21(12-15-6-2-1-3-7-15)28-23(30)18-8-4-5-9-19(18)24(28)31/h1-11,13,21H,12H2,(H,27,29). The number of fused-ring (bicyclic) bond motifs is 1. The van der Waals surface area contributed by atoms with Gasteiger partial charge in [-0.15, -0.1) is 0 Å². The van der Waals surface area contributed by atoms with E-state index in [0.29, 0.717) is 5.69 Å². The zero-order valence-corrected chi connectivity index (χ0v) is 17.0. The van der Waals surface area contributed by atoms with Crippen molar-refractivity contribution in [2.75, 3.05) is 5.32 Å². The fourth-order valence-corrected chi connectivity index (χ4v) is 3.76. The largest absolute Gasteiger partial charge is 0.324 e. The van der Waals surface area contributed by atoms with Crippen molar-refractivity contribution >= 4 is 35.0 Å². The van der Waals surface area contributed by atoms with Gasteiger partial charge in [0, 0.05) is 12.1 Å². The molecule has 0 saturated carbocycles. The number of anilines is 1. The molecule has 0 saturated heterocycles. The zero-order valence-electron chi connectivity index (χ0n) is 16.2. The van der Waals surface area contributed by atoms with Gasteiger partial charge in [-0.2, -0.15) is 5.26 Å². The van der Waals surface area contributed by atoms with Crippen molar-refractivity contribution in [3.63, 3.8) is 0 Å². The molecule has 152 valence electrons. The van der Waals surface area contributed by atoms with Gasteiger partial charge in [0.25, 0.3) is 11.8 Å². The summed E-state index contributed by atoms with van der Waals surface area (Å²) in [4.78, 5) is 40.3. The number of halogens is 1. The maximum absolute atomic E-state index is 13.2. The number of carbonyl (C=O) groups is 3. The van der Waals surface area contributed by atoms with Crippen molar-refractivity contribution in [3.8, 4) is 6.07 Å². The SMILES string of the molecule is N#Cc1ccc(NC(=O)C(Cc2ccccc2)N2C(=O)c3ccccc3C2=O)cc1Cl. The summed E-state index contributed by atoms with van der Waals surface area (Å²) in [7, 11) is 0. The van der Waals surface area contributed by atoms with Crippen molar-refractivity contribution in [3.05, 3.63) is 100 Å². The predicted molar refractivity (Wildman–Crippen MR) is 116 cm³/mol. The van der Waals surface area contributed by atoms with Gasteiger partial charge in [0.2, 0.25) is 5.91 Å². The van der Waals surface area contributed by atoms with Gasteiger partial charge >= 0.3 is 0 Å². The Balaban J connectivity index is 1.67. The molecular formula is C24H16ClN3O3. The second kappa shape index (κ2) is 8.42. The Morgan fingerprint density at radius 2 is 1.58 bits per heavy atom. The van der Waals surface area contributed by atoms with Crippen molar-refractivity contribution in [2.24, 2.45) is 0 Å². The molecular weight excluding hydrogens is 414 g/mol. The van der Waals surface area contributed by atoms with Crippen LogP contribution in [0.15, 0.2) is 72.8 Å². The first-order valence-electron chi connectivity index (χ1n) is 9.51. The molecule has 1 unspecified atom stereocenters. The van der Waals surface area contributed by atoms with E-state index in [1.165, 1.54) is 12.1 Å². The topological polar surface area (TPSA) is 90.3 Å². The van der Waals surface area contributed by atoms with E-state index in [0.717, 1.165) is 10.5 Å². The summed E-state index contributed by atoms with van der Waals surface area (Å²) in [5.74, 6) is -1.54. The normalized spacial score (nSPS) is 13.5. The van der Waals surface area contributed by atoms with Gasteiger partial charge < -0.3 is 5.32 Å². The average Bonchev–Trinajstić information content (AvgIpc) is 3.03. The first-order valence-corrected chi connectivity index (χ1v) is 9.88. The monoisotopic (exact) mass is 429 g/mol. The van der Waals surface area contributed by atoms with Gasteiger partial charge in [-0.3, -0.25) is 19.3 Å². The number of amides is 3. The van der Waals surface area contributed by atoms with Gasteiger partial charge in [-0.1, -0.05) is 54.1 Å². The fraction of sp³-hybridized carbons (Fsp3) is 0.0833. The summed E-state index contributed by atoms with van der Waals surface area (Å²) in [6.45, 7) is 0. The summed E-state index contributed by atoms with van der Waals surface area (Å²) in [5.41, 5.74) is 2.00. The van der Waals surface area contributed by atoms with E-state index in [4.69, 9.17) is 16.9 Å². The van der Waals surface area contributed by atoms with E-state index in [9.17, 15) is 14.4 Å². The maximum Gasteiger partial charge on any atom is 0.262 e. The minimum atomic E-state index is -1.07. The van der Waals surface area contributed by atoms with Crippen molar-refractivity contribution in [1.82, 2.24) is 4.90 Å². The maximum atomic E-state index is 13.2. The Labute approximate surface area is 183 Å². The zero-order chi connectivity index (χ0) is 22.0. The quantitative estimate of drug-likeness (QED) is 0.619. The third-order valence-corrected chi connectivity index (χ3v) is 5.38. The van der Waals surface area contributed by atoms with Crippen LogP contribution in [0.1, 0.15) is 31.8 Å². The molecule has 31 heavy (non-hydrogen) atoms. The molecule has 0 spiro atoms. The molecule has 1 atom stereocenters. The summed E-state index contributed by atoms with van der Waals surface area (Å²) in [6, 6.07) is 21.1. The van der Waals surface area contributed by atoms with Crippen LogP contribution in [0, 0.1) is 11.3 Å². The van der Waals surface area contributed by atoms with Crippen molar-refractivity contribution in [2.45, 2.75) is 12.5 Å². The van der Waals surface area contributed by atoms with E-state index in [2.05, 4.69) is 5.32 Å². The Morgan fingerprint density at radius 3 is 2.16 bits per heavy atom. The van der Waals surface area contributed by atoms with Crippen LogP contribution >= 0.6 is 11.6 Å². The van der Waals surface area contributed by atoms with Gasteiger partial charge in [0.15, 0.2) is 0 Å². The molecule has 3 aromatic carbocycles. The van der Waals surface area contributed by atoms with Crippen LogP contribution in [-0.2, 0) is 11.2 Å². The van der Waals surface area contributed by atoms with Crippen LogP contribution in [0.3, 0.4) is 0 Å². The molecule has 1 aliphatic heterocycles. The lowest BCUT2D eigenvalue weighted by Crippen LogP contribution is -2.48. The highest BCUT2D eigenvalue weighted by Crippen LogP contribution is 2.27. The van der Waals surface area contributed by atoms with Crippen LogP contribution in [0.2, 0.25) is 5.02 Å². The highest BCUT2D eigenvalue weighted by Gasteiger charge is 2.42. The van der Waals surface area contributed by atoms with Gasteiger partial charge in [0.05, 0.1) is 21.7 Å². The number of benzene rings is 3. The molecule has 1 aliphatic rings. The molecule has 7 heteroatoms. The van der Waals surface area contributed by atoms with Gasteiger partial charge in [-0.05, 0) is 35.9 Å². The predicted octanol–water partition coefficient (Wildman–Crippen LogP) is 4.06. The lowest BCUT2D eigenvalue weighted by Gasteiger charge is -2.25. The molecule has 3 aromatic rings. The molecule has 0 aliphatic carbocycles. The number of nitrogens with zero attached hydrogens (tertiary/aromatic N) is 2. The third kappa shape index (κ3) is 3.91. The van der Waals surface area contributed by atoms with Crippen molar-refractivity contribution < 1.29 is 14.4 Å². The molecule has 4 rings (SSSR count). The van der Waals surface area contributed by atoms with E-state index >= 15 is 0 Å². The highest BCUT2D eigenvalue weighted by atomic mass is 35.5. The first-order chi connectivity index (χ1) is 15.0. The Hall–Kier alpha value is -3.95. The summed E-state index contributed by atoms with van der Waals surface area (Å²) >= 11 is 6.06. The number of nitriles is 1. The van der Waals surface area contributed by atoms with Crippen LogP contribution < -0.4 is 5.32 Å². The average molecular weight is 430 g/mol. The second-order valence-corrected chi connectivity index (χ2v) is 7.43. The lowest BCUT2D eigenvalue weighted by atomic mass is 10.0. The summed E-state index contributed by atoms with van der Waals surface area (Å²) in [6.07, 6.45) is 0.155. The second-order valence-electron chi connectivity index (χ2n) is 7.03. The minimum absolute atomic E-state index is 0.155. The number of rotatable bonds is 5. The lowest BCUT2D eigenvalue weighted by molar-refractivity contribution is -0.119. The number of carbonyl (C=O) groups excluding carboxylic acids is 3. The molecule has 0 bridgehead atoms. The van der Waals surface area contributed by atoms with Crippen LogP contribution in [0.5, 0.6) is 0 Å². The molecule has 0 radical (unpaired) electrons. The fourth-order valence-electron chi connectivity index (χ4n) is 3.54. The van der Waals surface area contributed by atoms with Crippen LogP contribution in [0.4, 0.5) is 5.69 Å². The molecule has 0 fully saturated rings. The summed E-state index contributed by atoms with van der Waals surface area (Å²) in [5, 5.41) is 11.9. The van der Waals surface area contributed by atoms with Crippen LogP contribution in [-0.4, -0.2) is 28.7 Å². The number of hydrogen-bond donors (Lipinski definition) is 1. The Morgan fingerprint density at radius 1 is 0.968 bits per heavy atom. The Kier molecular flexibility index (Phi) is 5.52. The molecule has 6 nitrogen and oxygen atoms in total. The molecule has 1 heterocycles. The third-order valence-electron chi connectivity index (χ3n) is 5.07. The smallest absolute Gasteiger partial charge is 0.262 e. The van der Waals surface area contributed by atoms with E-state index in [1.54, 1.807) is 30.3 Å². The first kappa shape index (κ1) is 20.3. The minimum Gasteiger partial charge on any atom is -0.324 e. The summed E-state index contributed by atoms with van der Waals surface area (Å²) < 4.78 is 0.